The molecular weight excluding hydrogens is 837 g/mol. The average molecular weight is 855 g/mol. The fraction of sp³-hybridized carbons (Fsp3) is 0.136. The Morgan fingerprint density at radius 2 is 1.12 bits per heavy atom. The minimum absolute atomic E-state index is 0.000369. The van der Waals surface area contributed by atoms with E-state index in [9.17, 15) is 37.7 Å². The number of halogens is 4. The second-order valence-electron chi connectivity index (χ2n) is 14.2. The number of nitrogens with zero attached hydrogens (tertiary/aromatic N) is 4. The van der Waals surface area contributed by atoms with Gasteiger partial charge in [0.05, 0.1) is 49.1 Å². The van der Waals surface area contributed by atoms with E-state index in [2.05, 4.69) is 9.69 Å². The molecule has 7 nitrogen and oxygen atoms in total. The van der Waals surface area contributed by atoms with Gasteiger partial charge in [0.2, 0.25) is 0 Å². The van der Waals surface area contributed by atoms with Crippen LogP contribution in [0.15, 0.2) is 58.9 Å². The maximum atomic E-state index is 14.4. The zero-order valence-electron chi connectivity index (χ0n) is 29.8. The molecule has 1 spiro atoms. The van der Waals surface area contributed by atoms with E-state index >= 15 is 0 Å². The first-order chi connectivity index (χ1) is 28.5. The van der Waals surface area contributed by atoms with Gasteiger partial charge in [-0.15, -0.1) is 45.3 Å². The molecule has 15 heteroatoms. The molecule has 59 heavy (non-hydrogen) atoms. The Bertz CT molecular complexity index is 3290. The summed E-state index contributed by atoms with van der Waals surface area (Å²) in [7, 11) is 0. The van der Waals surface area contributed by atoms with Crippen molar-refractivity contribution in [2.24, 2.45) is 0 Å². The van der Waals surface area contributed by atoms with Gasteiger partial charge >= 0.3 is 0 Å². The van der Waals surface area contributed by atoms with Crippen LogP contribution < -0.4 is 4.74 Å². The number of Topliss-reactive ketones (excluding diaryl/α,β-unsaturated/α-hetero) is 2. The number of ether oxygens (including phenoxy) is 1. The van der Waals surface area contributed by atoms with Crippen molar-refractivity contribution in [3.63, 3.8) is 0 Å². The summed E-state index contributed by atoms with van der Waals surface area (Å²) >= 11 is 5.92. The zero-order valence-corrected chi connectivity index (χ0v) is 33.1. The number of allylic oxidation sites excluding steroid dienone is 6. The smallest absolute Gasteiger partial charge is 0.270 e. The molecule has 284 valence electrons. The maximum Gasteiger partial charge on any atom is 0.270 e. The number of carbonyl (C=O) groups is 2. The molecule has 0 saturated heterocycles. The molecular formula is C44H18F4N4O3S4. The van der Waals surface area contributed by atoms with Crippen LogP contribution in [0.5, 0.6) is 5.75 Å². The molecule has 6 aromatic rings. The van der Waals surface area contributed by atoms with Crippen LogP contribution in [-0.2, 0) is 5.60 Å². The third-order valence-electron chi connectivity index (χ3n) is 11.0. The van der Waals surface area contributed by atoms with Crippen LogP contribution in [0.1, 0.15) is 79.3 Å². The Balaban J connectivity index is 1.09. The van der Waals surface area contributed by atoms with Crippen LogP contribution in [0.25, 0.3) is 61.5 Å². The standard InChI is InChI=1S/C44H18F4N4O3S4/c1-51-30(16-49)34-20-12-26(45)28(47)14-22(20)37(53)24(34)8-18-10-32-40(56-18)36-42(58-32)43-39(55-44(36)6-4-3-5-7-44)41-33(59-43)11-19(57-41)9-25-35(31(17-50)52-2)21-13-27(46)29(48)15-23(21)38(25)54/h8-15H,3-7H2/b24-8-,25-9-,34-30+,35-31?. The summed E-state index contributed by atoms with van der Waals surface area (Å²) in [5.41, 5.74) is -0.723. The fourth-order valence-corrected chi connectivity index (χ4v) is 13.9. The highest BCUT2D eigenvalue weighted by atomic mass is 32.1. The van der Waals surface area contributed by atoms with Gasteiger partial charge in [0.15, 0.2) is 40.6 Å². The van der Waals surface area contributed by atoms with Crippen LogP contribution in [0.4, 0.5) is 17.6 Å². The van der Waals surface area contributed by atoms with Crippen molar-refractivity contribution in [3.8, 4) is 27.6 Å². The predicted molar refractivity (Wildman–Crippen MR) is 219 cm³/mol. The van der Waals surface area contributed by atoms with E-state index in [0.717, 1.165) is 96.2 Å². The molecule has 1 fully saturated rings. The quantitative estimate of drug-likeness (QED) is 0.0747. The van der Waals surface area contributed by atoms with E-state index in [1.54, 1.807) is 35.6 Å². The van der Waals surface area contributed by atoms with Gasteiger partial charge in [-0.25, -0.2) is 37.8 Å². The minimum atomic E-state index is -1.21. The zero-order chi connectivity index (χ0) is 41.1. The van der Waals surface area contributed by atoms with Gasteiger partial charge in [-0.05, 0) is 85.4 Å². The molecule has 4 aliphatic rings. The lowest BCUT2D eigenvalue weighted by Crippen LogP contribution is -2.37. The van der Waals surface area contributed by atoms with E-state index in [1.165, 1.54) is 34.0 Å². The summed E-state index contributed by atoms with van der Waals surface area (Å²) in [6.07, 6.45) is 7.51. The van der Waals surface area contributed by atoms with Crippen molar-refractivity contribution in [2.75, 3.05) is 0 Å². The lowest BCUT2D eigenvalue weighted by atomic mass is 9.78. The molecule has 0 bridgehead atoms. The molecule has 0 radical (unpaired) electrons. The molecule has 0 atom stereocenters. The van der Waals surface area contributed by atoms with Crippen molar-refractivity contribution >= 4 is 99.0 Å². The fourth-order valence-electron chi connectivity index (χ4n) is 8.51. The van der Waals surface area contributed by atoms with Crippen LogP contribution in [0.3, 0.4) is 0 Å². The maximum absolute atomic E-state index is 14.4. The van der Waals surface area contributed by atoms with Crippen LogP contribution in [0, 0.1) is 59.1 Å². The number of hydrogen-bond donors (Lipinski definition) is 0. The van der Waals surface area contributed by atoms with Crippen molar-refractivity contribution in [2.45, 2.75) is 37.7 Å². The monoisotopic (exact) mass is 854 g/mol. The van der Waals surface area contributed by atoms with Gasteiger partial charge < -0.3 is 4.74 Å². The van der Waals surface area contributed by atoms with Crippen molar-refractivity contribution in [1.29, 1.82) is 10.5 Å². The summed E-state index contributed by atoms with van der Waals surface area (Å²) in [5, 5.41) is 19.5. The third kappa shape index (κ3) is 5.30. The third-order valence-corrected chi connectivity index (χ3v) is 15.9. The molecule has 10 rings (SSSR count). The molecule has 3 aliphatic carbocycles. The molecule has 1 saturated carbocycles. The Morgan fingerprint density at radius 1 is 0.661 bits per heavy atom. The van der Waals surface area contributed by atoms with E-state index in [0.29, 0.717) is 9.75 Å². The number of hydrogen-bond acceptors (Lipinski definition) is 9. The highest BCUT2D eigenvalue weighted by Gasteiger charge is 2.47. The summed E-state index contributed by atoms with van der Waals surface area (Å²) in [5.74, 6) is -5.31. The minimum Gasteiger partial charge on any atom is -0.479 e. The Kier molecular flexibility index (Phi) is 8.30. The summed E-state index contributed by atoms with van der Waals surface area (Å²) in [6.45, 7) is 15.1. The van der Waals surface area contributed by atoms with Gasteiger partial charge in [0.1, 0.15) is 5.60 Å². The van der Waals surface area contributed by atoms with E-state index in [1.807, 2.05) is 12.1 Å². The highest BCUT2D eigenvalue weighted by Crippen LogP contribution is 2.63. The topological polar surface area (TPSA) is 99.7 Å². The molecule has 0 N–H and O–H groups in total. The van der Waals surface area contributed by atoms with Crippen LogP contribution in [-0.4, -0.2) is 11.6 Å². The number of benzene rings is 2. The average Bonchev–Trinajstić information content (AvgIpc) is 4.05. The van der Waals surface area contributed by atoms with Gasteiger partial charge in [0, 0.05) is 53.4 Å². The molecule has 5 heterocycles. The molecule has 4 aromatic heterocycles. The number of rotatable bonds is 2. The van der Waals surface area contributed by atoms with Gasteiger partial charge in [-0.2, -0.15) is 0 Å². The van der Waals surface area contributed by atoms with Crippen molar-refractivity contribution in [1.82, 2.24) is 0 Å². The number of carbonyl (C=O) groups excluding carboxylic acids is 2. The van der Waals surface area contributed by atoms with Gasteiger partial charge in [-0.3, -0.25) is 9.59 Å². The van der Waals surface area contributed by atoms with Gasteiger partial charge in [-0.1, -0.05) is 6.42 Å². The molecule has 1 aliphatic heterocycles. The Morgan fingerprint density at radius 3 is 1.61 bits per heavy atom. The van der Waals surface area contributed by atoms with Crippen molar-refractivity contribution < 1.29 is 31.9 Å². The number of ketones is 2. The number of thiophene rings is 4. The molecule has 0 unspecified atom stereocenters. The first-order valence-corrected chi connectivity index (χ1v) is 21.1. The van der Waals surface area contributed by atoms with Crippen LogP contribution >= 0.6 is 45.3 Å². The number of nitriles is 2. The largest absolute Gasteiger partial charge is 0.479 e. The second-order valence-corrected chi connectivity index (χ2v) is 18.5. The Hall–Kier alpha value is -6.46. The Labute approximate surface area is 347 Å². The highest BCUT2D eigenvalue weighted by molar-refractivity contribution is 7.35. The second kappa shape index (κ2) is 13.3. The number of fused-ring (bicyclic) bond motifs is 10. The predicted octanol–water partition coefficient (Wildman–Crippen LogP) is 12.9. The van der Waals surface area contributed by atoms with Gasteiger partial charge in [0.25, 0.3) is 11.4 Å². The summed E-state index contributed by atoms with van der Waals surface area (Å²) in [4.78, 5) is 37.1. The van der Waals surface area contributed by atoms with Crippen LogP contribution in [0.2, 0.25) is 0 Å². The lowest BCUT2D eigenvalue weighted by Gasteiger charge is -2.40. The van der Waals surface area contributed by atoms with E-state index in [-0.39, 0.29) is 44.5 Å². The molecule has 2 aromatic carbocycles. The first-order valence-electron chi connectivity index (χ1n) is 17.9. The summed E-state index contributed by atoms with van der Waals surface area (Å²) in [6, 6.07) is 10.7. The van der Waals surface area contributed by atoms with E-state index in [4.69, 9.17) is 17.9 Å². The normalized spacial score (nSPS) is 19.3. The van der Waals surface area contributed by atoms with Crippen molar-refractivity contribution in [3.05, 3.63) is 143 Å². The van der Waals surface area contributed by atoms with E-state index < -0.39 is 51.8 Å². The molecule has 0 amide bonds. The SMILES string of the molecule is [C-]#[N+]C(C#N)=C1/C(=C/c2cc3sc4c(c3s2)OC2(CCCCC2)c2c-4sc3cc(/C=C4\C(=O)c5cc(F)c(F)cc5\C4=C(\C#N)[N+]#[C-])sc23)C(=O)c2cc(F)c(F)cc21. The first kappa shape index (κ1) is 36.9. The summed E-state index contributed by atoms with van der Waals surface area (Å²) < 4.78 is 68.0. The lowest BCUT2D eigenvalue weighted by molar-refractivity contribution is 0.0282.